The van der Waals surface area contributed by atoms with Gasteiger partial charge in [0.25, 0.3) is 0 Å². The van der Waals surface area contributed by atoms with Crippen LogP contribution in [0.5, 0.6) is 0 Å². The molecule has 5 nitrogen and oxygen atoms in total. The number of nitrogens with two attached hydrogens (primary N) is 1. The van der Waals surface area contributed by atoms with Crippen molar-refractivity contribution >= 4 is 10.9 Å². The van der Waals surface area contributed by atoms with Gasteiger partial charge in [0.15, 0.2) is 0 Å². The van der Waals surface area contributed by atoms with Crippen LogP contribution in [0.4, 0.5) is 0 Å². The van der Waals surface area contributed by atoms with Gasteiger partial charge < -0.3 is 15.2 Å². The molecule has 0 saturated heterocycles. The molecule has 0 amide bonds. The highest BCUT2D eigenvalue weighted by molar-refractivity contribution is 5.88. The minimum Gasteiger partial charge on any atom is -0.358 e. The number of benzene rings is 1. The average molecular weight is 242 g/mol. The van der Waals surface area contributed by atoms with Crippen molar-refractivity contribution in [2.75, 3.05) is 0 Å². The molecule has 3 aromatic rings. The molecule has 18 heavy (non-hydrogen) atoms. The molecule has 5 heteroatoms. The second kappa shape index (κ2) is 3.96. The average Bonchev–Trinajstić information content (AvgIpc) is 2.96. The SMILES string of the molecule is Cc1[nH]c2ccc(-c3noc(CN)n3)cc2c1C. The topological polar surface area (TPSA) is 80.7 Å². The van der Waals surface area contributed by atoms with Gasteiger partial charge in [-0.3, -0.25) is 0 Å². The lowest BCUT2D eigenvalue weighted by molar-refractivity contribution is 0.380. The number of hydrogen-bond donors (Lipinski definition) is 2. The monoisotopic (exact) mass is 242 g/mol. The summed E-state index contributed by atoms with van der Waals surface area (Å²) in [6.07, 6.45) is 0. The van der Waals surface area contributed by atoms with Gasteiger partial charge >= 0.3 is 0 Å². The number of aromatic amines is 1. The van der Waals surface area contributed by atoms with Crippen LogP contribution in [0.3, 0.4) is 0 Å². The first-order valence-electron chi connectivity index (χ1n) is 5.81. The van der Waals surface area contributed by atoms with Crippen LogP contribution in [0.1, 0.15) is 17.1 Å². The van der Waals surface area contributed by atoms with E-state index in [1.807, 2.05) is 12.1 Å². The highest BCUT2D eigenvalue weighted by atomic mass is 16.5. The summed E-state index contributed by atoms with van der Waals surface area (Å²) in [5, 5.41) is 5.11. The van der Waals surface area contributed by atoms with Crippen molar-refractivity contribution in [1.82, 2.24) is 15.1 Å². The Kier molecular flexibility index (Phi) is 2.41. The zero-order valence-electron chi connectivity index (χ0n) is 10.3. The Hall–Kier alpha value is -2.14. The molecule has 92 valence electrons. The third-order valence-corrected chi connectivity index (χ3v) is 3.21. The predicted molar refractivity (Wildman–Crippen MR) is 69.0 cm³/mol. The molecule has 3 rings (SSSR count). The second-order valence-corrected chi connectivity index (χ2v) is 4.35. The number of aryl methyl sites for hydroxylation is 2. The molecule has 0 unspecified atom stereocenters. The van der Waals surface area contributed by atoms with Gasteiger partial charge in [0.2, 0.25) is 11.7 Å². The van der Waals surface area contributed by atoms with Crippen LogP contribution in [0.25, 0.3) is 22.3 Å². The first kappa shape index (κ1) is 11.0. The Bertz CT molecular complexity index is 711. The third-order valence-electron chi connectivity index (χ3n) is 3.21. The molecule has 2 aromatic heterocycles. The van der Waals surface area contributed by atoms with Gasteiger partial charge in [-0.1, -0.05) is 5.16 Å². The first-order valence-corrected chi connectivity index (χ1v) is 5.81. The molecule has 0 saturated carbocycles. The highest BCUT2D eigenvalue weighted by Gasteiger charge is 2.10. The molecular formula is C13H14N4O. The molecule has 0 aliphatic rings. The number of rotatable bonds is 2. The Morgan fingerprint density at radius 2 is 2.17 bits per heavy atom. The number of nitrogens with one attached hydrogen (secondary N) is 1. The Morgan fingerprint density at radius 1 is 1.33 bits per heavy atom. The van der Waals surface area contributed by atoms with Crippen molar-refractivity contribution in [1.29, 1.82) is 0 Å². The van der Waals surface area contributed by atoms with Gasteiger partial charge in [0.1, 0.15) is 0 Å². The molecule has 0 bridgehead atoms. The van der Waals surface area contributed by atoms with E-state index in [4.69, 9.17) is 10.3 Å². The van der Waals surface area contributed by atoms with Crippen molar-refractivity contribution in [2.24, 2.45) is 5.73 Å². The van der Waals surface area contributed by atoms with Crippen molar-refractivity contribution in [3.63, 3.8) is 0 Å². The number of hydrogen-bond acceptors (Lipinski definition) is 4. The molecule has 2 heterocycles. The maximum Gasteiger partial charge on any atom is 0.240 e. The molecule has 0 fully saturated rings. The third kappa shape index (κ3) is 1.60. The summed E-state index contributed by atoms with van der Waals surface area (Å²) in [6, 6.07) is 6.07. The Balaban J connectivity index is 2.15. The minimum atomic E-state index is 0.261. The number of fused-ring (bicyclic) bond motifs is 1. The fourth-order valence-corrected chi connectivity index (χ4v) is 2.06. The van der Waals surface area contributed by atoms with E-state index in [0.717, 1.165) is 11.1 Å². The van der Waals surface area contributed by atoms with E-state index in [2.05, 4.69) is 35.0 Å². The van der Waals surface area contributed by atoms with Crippen LogP contribution in [-0.2, 0) is 6.54 Å². The molecule has 0 radical (unpaired) electrons. The lowest BCUT2D eigenvalue weighted by Crippen LogP contribution is -1.95. The fourth-order valence-electron chi connectivity index (χ4n) is 2.06. The smallest absolute Gasteiger partial charge is 0.240 e. The van der Waals surface area contributed by atoms with E-state index in [-0.39, 0.29) is 6.54 Å². The van der Waals surface area contributed by atoms with Crippen LogP contribution in [0, 0.1) is 13.8 Å². The van der Waals surface area contributed by atoms with Crippen molar-refractivity contribution in [2.45, 2.75) is 20.4 Å². The van der Waals surface area contributed by atoms with Gasteiger partial charge in [-0.2, -0.15) is 4.98 Å². The normalized spacial score (nSPS) is 11.3. The standard InChI is InChI=1S/C13H14N4O/c1-7-8(2)15-11-4-3-9(5-10(7)11)13-16-12(6-14)18-17-13/h3-5,15H,6,14H2,1-2H3. The predicted octanol–water partition coefficient (Wildman–Crippen LogP) is 2.29. The quantitative estimate of drug-likeness (QED) is 0.722. The molecule has 1 aromatic carbocycles. The largest absolute Gasteiger partial charge is 0.358 e. The maximum atomic E-state index is 5.46. The van der Waals surface area contributed by atoms with Gasteiger partial charge in [-0.25, -0.2) is 0 Å². The van der Waals surface area contributed by atoms with Gasteiger partial charge in [-0.05, 0) is 37.6 Å². The summed E-state index contributed by atoms with van der Waals surface area (Å²) < 4.78 is 5.02. The van der Waals surface area contributed by atoms with Crippen molar-refractivity contribution in [3.05, 3.63) is 35.3 Å². The van der Waals surface area contributed by atoms with Crippen molar-refractivity contribution in [3.8, 4) is 11.4 Å². The lowest BCUT2D eigenvalue weighted by atomic mass is 10.1. The van der Waals surface area contributed by atoms with Crippen LogP contribution in [0.15, 0.2) is 22.7 Å². The summed E-state index contributed by atoms with van der Waals surface area (Å²) in [5.74, 6) is 1.03. The molecule has 0 spiro atoms. The Morgan fingerprint density at radius 3 is 2.89 bits per heavy atom. The first-order chi connectivity index (χ1) is 8.69. The second-order valence-electron chi connectivity index (χ2n) is 4.35. The zero-order chi connectivity index (χ0) is 12.7. The number of aromatic nitrogens is 3. The summed E-state index contributed by atoms with van der Waals surface area (Å²) in [7, 11) is 0. The lowest BCUT2D eigenvalue weighted by Gasteiger charge is -1.96. The van der Waals surface area contributed by atoms with Gasteiger partial charge in [0.05, 0.1) is 6.54 Å². The summed E-state index contributed by atoms with van der Waals surface area (Å²) >= 11 is 0. The minimum absolute atomic E-state index is 0.261. The van der Waals surface area contributed by atoms with E-state index in [9.17, 15) is 0 Å². The summed E-state index contributed by atoms with van der Waals surface area (Å²) in [4.78, 5) is 7.57. The van der Waals surface area contributed by atoms with E-state index in [0.29, 0.717) is 11.7 Å². The number of nitrogens with zero attached hydrogens (tertiary/aromatic N) is 2. The molecule has 0 atom stereocenters. The van der Waals surface area contributed by atoms with Gasteiger partial charge in [0, 0.05) is 22.2 Å². The van der Waals surface area contributed by atoms with E-state index in [1.165, 1.54) is 16.6 Å². The van der Waals surface area contributed by atoms with Crippen molar-refractivity contribution < 1.29 is 4.52 Å². The van der Waals surface area contributed by atoms with Gasteiger partial charge in [-0.15, -0.1) is 0 Å². The van der Waals surface area contributed by atoms with Crippen LogP contribution < -0.4 is 5.73 Å². The Labute approximate surface area is 104 Å². The molecule has 0 aliphatic heterocycles. The zero-order valence-corrected chi connectivity index (χ0v) is 10.3. The fraction of sp³-hybridized carbons (Fsp3) is 0.231. The highest BCUT2D eigenvalue weighted by Crippen LogP contribution is 2.26. The molecule has 0 aliphatic carbocycles. The van der Waals surface area contributed by atoms with E-state index in [1.54, 1.807) is 0 Å². The maximum absolute atomic E-state index is 5.46. The van der Waals surface area contributed by atoms with Crippen LogP contribution in [-0.4, -0.2) is 15.1 Å². The van der Waals surface area contributed by atoms with Crippen LogP contribution >= 0.6 is 0 Å². The molecular weight excluding hydrogens is 228 g/mol. The summed E-state index contributed by atoms with van der Waals surface area (Å²) in [5.41, 5.74) is 9.94. The summed E-state index contributed by atoms with van der Waals surface area (Å²) in [6.45, 7) is 4.42. The van der Waals surface area contributed by atoms with E-state index >= 15 is 0 Å². The van der Waals surface area contributed by atoms with E-state index < -0.39 is 0 Å². The number of H-pyrrole nitrogens is 1. The van der Waals surface area contributed by atoms with Crippen LogP contribution in [0.2, 0.25) is 0 Å². The molecule has 3 N–H and O–H groups in total.